The van der Waals surface area contributed by atoms with Crippen LogP contribution in [0, 0.1) is 0 Å². The van der Waals surface area contributed by atoms with E-state index in [0.29, 0.717) is 6.07 Å². The molecule has 0 amide bonds. The molecule has 2 heterocycles. The smallest absolute Gasteiger partial charge is 0.417 e. The van der Waals surface area contributed by atoms with E-state index in [4.69, 9.17) is 25.5 Å². The molecule has 0 radical (unpaired) electrons. The average molecular weight is 546 g/mol. The second-order valence-corrected chi connectivity index (χ2v) is 10.6. The molecule has 1 aliphatic rings. The van der Waals surface area contributed by atoms with Crippen LogP contribution in [0.2, 0.25) is 5.02 Å². The third-order valence-corrected chi connectivity index (χ3v) is 7.72. The highest BCUT2D eigenvalue weighted by atomic mass is 35.5. The molecule has 3 aromatic rings. The second kappa shape index (κ2) is 9.51. The van der Waals surface area contributed by atoms with Crippen molar-refractivity contribution in [3.63, 3.8) is 0 Å². The zero-order chi connectivity index (χ0) is 26.4. The van der Waals surface area contributed by atoms with Crippen molar-refractivity contribution in [1.29, 1.82) is 0 Å². The van der Waals surface area contributed by atoms with Gasteiger partial charge in [0, 0.05) is 30.6 Å². The van der Waals surface area contributed by atoms with Gasteiger partial charge in [-0.3, -0.25) is 0 Å². The van der Waals surface area contributed by atoms with Crippen LogP contribution in [0.25, 0.3) is 11.0 Å². The summed E-state index contributed by atoms with van der Waals surface area (Å²) in [6.45, 7) is 3.66. The molecule has 2 aromatic carbocycles. The molecule has 192 valence electrons. The van der Waals surface area contributed by atoms with Crippen LogP contribution in [0.1, 0.15) is 29.8 Å². The zero-order valence-electron chi connectivity index (χ0n) is 18.8. The minimum absolute atomic E-state index is 0.0971. The molecule has 2 atom stereocenters. The summed E-state index contributed by atoms with van der Waals surface area (Å²) in [5.41, 5.74) is -3.02. The van der Waals surface area contributed by atoms with Crippen molar-refractivity contribution in [2.45, 2.75) is 37.1 Å². The molecule has 0 N–H and O–H groups in total. The molecule has 1 fully saturated rings. The van der Waals surface area contributed by atoms with Gasteiger partial charge < -0.3 is 13.9 Å². The maximum absolute atomic E-state index is 13.2. The number of hydrogen-bond donors (Lipinski definition) is 0. The molecular weight excluding hydrogens is 527 g/mol. The molecule has 13 heteroatoms. The lowest BCUT2D eigenvalue weighted by molar-refractivity contribution is -0.136. The van der Waals surface area contributed by atoms with Crippen molar-refractivity contribution >= 4 is 38.6 Å². The van der Waals surface area contributed by atoms with Gasteiger partial charge in [0.05, 0.1) is 28.4 Å². The third kappa shape index (κ3) is 5.26. The van der Waals surface area contributed by atoms with Gasteiger partial charge in [-0.2, -0.15) is 17.5 Å². The first-order valence-electron chi connectivity index (χ1n) is 10.6. The molecule has 0 spiro atoms. The quantitative estimate of drug-likeness (QED) is 0.270. The number of nitrogens with zero attached hydrogens (tertiary/aromatic N) is 1. The van der Waals surface area contributed by atoms with Gasteiger partial charge in [0.15, 0.2) is 0 Å². The fourth-order valence-corrected chi connectivity index (χ4v) is 5.99. The van der Waals surface area contributed by atoms with Crippen LogP contribution >= 0.6 is 11.6 Å². The fourth-order valence-electron chi connectivity index (χ4n) is 3.90. The van der Waals surface area contributed by atoms with E-state index in [2.05, 4.69) is 0 Å². The molecule has 1 aliphatic heterocycles. The second-order valence-electron chi connectivity index (χ2n) is 8.25. The van der Waals surface area contributed by atoms with Crippen LogP contribution in [0.4, 0.5) is 13.2 Å². The van der Waals surface area contributed by atoms with E-state index < -0.39 is 44.3 Å². The fraction of sp³-hybridized carbons (Fsp3) is 0.304. The number of halogens is 4. The summed E-state index contributed by atoms with van der Waals surface area (Å²) in [5, 5.41) is -0.499. The van der Waals surface area contributed by atoms with Crippen molar-refractivity contribution in [2.24, 2.45) is 0 Å². The molecule has 0 bridgehead atoms. The first kappa shape index (κ1) is 26.1. The summed E-state index contributed by atoms with van der Waals surface area (Å²) < 4.78 is 83.0. The average Bonchev–Trinajstić information content (AvgIpc) is 2.77. The number of carbonyl (C=O) groups excluding carboxylic acids is 1. The Morgan fingerprint density at radius 2 is 1.75 bits per heavy atom. The van der Waals surface area contributed by atoms with Gasteiger partial charge in [-0.25, -0.2) is 18.0 Å². The monoisotopic (exact) mass is 545 g/mol. The van der Waals surface area contributed by atoms with Crippen molar-refractivity contribution in [2.75, 3.05) is 13.1 Å². The van der Waals surface area contributed by atoms with Gasteiger partial charge in [0.2, 0.25) is 10.0 Å². The lowest BCUT2D eigenvalue weighted by Gasteiger charge is -2.34. The van der Waals surface area contributed by atoms with Crippen LogP contribution in [0.5, 0.6) is 5.75 Å². The number of fused-ring (bicyclic) bond motifs is 1. The van der Waals surface area contributed by atoms with Gasteiger partial charge in [0.25, 0.3) is 0 Å². The van der Waals surface area contributed by atoms with Crippen molar-refractivity contribution in [3.05, 3.63) is 69.0 Å². The van der Waals surface area contributed by atoms with E-state index in [1.165, 1.54) is 16.4 Å². The Balaban J connectivity index is 1.64. The Bertz CT molecular complexity index is 1490. The highest BCUT2D eigenvalue weighted by Gasteiger charge is 2.35. The van der Waals surface area contributed by atoms with Crippen LogP contribution in [0.15, 0.2) is 56.6 Å². The summed E-state index contributed by atoms with van der Waals surface area (Å²) in [6, 6.07) is 6.94. The molecule has 36 heavy (non-hydrogen) atoms. The predicted octanol–water partition coefficient (Wildman–Crippen LogP) is 4.48. The van der Waals surface area contributed by atoms with Crippen LogP contribution < -0.4 is 10.4 Å². The van der Waals surface area contributed by atoms with Gasteiger partial charge in [0.1, 0.15) is 16.2 Å². The Hall–Kier alpha value is -2.93. The Labute approximate surface area is 208 Å². The number of rotatable bonds is 4. The molecule has 0 saturated carbocycles. The molecule has 1 saturated heterocycles. The summed E-state index contributed by atoms with van der Waals surface area (Å²) in [6.07, 6.45) is -5.49. The van der Waals surface area contributed by atoms with Crippen LogP contribution in [-0.4, -0.2) is 44.0 Å². The van der Waals surface area contributed by atoms with E-state index in [9.17, 15) is 31.2 Å². The number of hydrogen-bond acceptors (Lipinski definition) is 7. The minimum Gasteiger partial charge on any atom is -0.423 e. The molecule has 8 nitrogen and oxygen atoms in total. The maximum Gasteiger partial charge on any atom is 0.417 e. The SMILES string of the molecule is C[C@@H]1CN(S(=O)(=O)c2cc(C(=O)Oc3ccc4c(C(F)(F)F)cc(=O)oc4c3)ccc2Cl)C[C@H](C)O1. The maximum atomic E-state index is 13.2. The first-order chi connectivity index (χ1) is 16.8. The molecule has 0 aliphatic carbocycles. The first-order valence-corrected chi connectivity index (χ1v) is 12.4. The molecule has 0 unspecified atom stereocenters. The largest absolute Gasteiger partial charge is 0.423 e. The molecular formula is C23H19ClF3NO7S. The Morgan fingerprint density at radius 3 is 2.39 bits per heavy atom. The van der Waals surface area contributed by atoms with E-state index in [1.807, 2.05) is 0 Å². The highest BCUT2D eigenvalue weighted by Crippen LogP contribution is 2.35. The van der Waals surface area contributed by atoms with E-state index in [0.717, 1.165) is 24.3 Å². The third-order valence-electron chi connectivity index (χ3n) is 5.40. The van der Waals surface area contributed by atoms with Crippen molar-refractivity contribution in [3.8, 4) is 5.75 Å². The predicted molar refractivity (Wildman–Crippen MR) is 123 cm³/mol. The van der Waals surface area contributed by atoms with Crippen LogP contribution in [0.3, 0.4) is 0 Å². The van der Waals surface area contributed by atoms with Gasteiger partial charge >= 0.3 is 17.8 Å². The van der Waals surface area contributed by atoms with Crippen molar-refractivity contribution < 1.29 is 40.3 Å². The van der Waals surface area contributed by atoms with E-state index >= 15 is 0 Å². The lowest BCUT2D eigenvalue weighted by Crippen LogP contribution is -2.48. The Morgan fingerprint density at radius 1 is 1.08 bits per heavy atom. The summed E-state index contributed by atoms with van der Waals surface area (Å²) >= 11 is 6.15. The number of esters is 1. The summed E-state index contributed by atoms with van der Waals surface area (Å²) in [4.78, 5) is 24.0. The standard InChI is InChI=1S/C23H19ClF3NO7S/c1-12-10-28(11-13(2)33-12)36(31,32)20-7-14(3-6-18(20)24)22(30)34-15-4-5-16-17(23(25,26)27)9-21(29)35-19(16)8-15/h3-9,12-13H,10-11H2,1-2H3/t12-,13+. The van der Waals surface area contributed by atoms with Crippen molar-refractivity contribution in [1.82, 2.24) is 4.31 Å². The minimum atomic E-state index is -4.80. The lowest BCUT2D eigenvalue weighted by atomic mass is 10.1. The summed E-state index contributed by atoms with van der Waals surface area (Å²) in [5.74, 6) is -1.22. The van der Waals surface area contributed by atoms with Gasteiger partial charge in [-0.15, -0.1) is 0 Å². The van der Waals surface area contributed by atoms with Gasteiger partial charge in [-0.05, 0) is 44.2 Å². The number of benzene rings is 2. The van der Waals surface area contributed by atoms with E-state index in [-0.39, 0.29) is 46.5 Å². The number of alkyl halides is 3. The normalized spacial score (nSPS) is 19.4. The number of ether oxygens (including phenoxy) is 2. The number of morpholine rings is 1. The molecule has 4 rings (SSSR count). The summed E-state index contributed by atoms with van der Waals surface area (Å²) in [7, 11) is -4.08. The van der Waals surface area contributed by atoms with Gasteiger partial charge in [-0.1, -0.05) is 11.6 Å². The number of carbonyl (C=O) groups is 1. The Kier molecular flexibility index (Phi) is 6.90. The van der Waals surface area contributed by atoms with Crippen LogP contribution in [-0.2, 0) is 20.9 Å². The molecule has 1 aromatic heterocycles. The number of sulfonamides is 1. The van der Waals surface area contributed by atoms with E-state index in [1.54, 1.807) is 13.8 Å². The topological polar surface area (TPSA) is 103 Å². The zero-order valence-corrected chi connectivity index (χ0v) is 20.4. The highest BCUT2D eigenvalue weighted by molar-refractivity contribution is 7.89.